The van der Waals surface area contributed by atoms with E-state index in [4.69, 9.17) is 0 Å². The van der Waals surface area contributed by atoms with Crippen LogP contribution in [0.3, 0.4) is 0 Å². The van der Waals surface area contributed by atoms with Crippen molar-refractivity contribution in [3.8, 4) is 11.1 Å². The van der Waals surface area contributed by atoms with E-state index in [2.05, 4.69) is 41.5 Å². The summed E-state index contributed by atoms with van der Waals surface area (Å²) < 4.78 is 0. The lowest BCUT2D eigenvalue weighted by Crippen LogP contribution is -2.54. The molecule has 1 aromatic carbocycles. The lowest BCUT2D eigenvalue weighted by atomic mass is 9.95. The Bertz CT molecular complexity index is 745. The Labute approximate surface area is 142 Å². The van der Waals surface area contributed by atoms with Gasteiger partial charge in [-0.25, -0.2) is 4.79 Å². The van der Waals surface area contributed by atoms with Gasteiger partial charge >= 0.3 is 6.09 Å². The third-order valence-corrected chi connectivity index (χ3v) is 4.71. The van der Waals surface area contributed by atoms with Gasteiger partial charge in [0.1, 0.15) is 0 Å². The Hall–Kier alpha value is -2.40. The third kappa shape index (κ3) is 3.41. The Morgan fingerprint density at radius 3 is 2.92 bits per heavy atom. The average Bonchev–Trinajstić information content (AvgIpc) is 2.57. The molecule has 0 bridgehead atoms. The average molecular weight is 325 g/mol. The number of benzene rings is 1. The van der Waals surface area contributed by atoms with E-state index >= 15 is 0 Å². The molecular weight excluding hydrogens is 302 g/mol. The quantitative estimate of drug-likeness (QED) is 0.911. The fourth-order valence-electron chi connectivity index (χ4n) is 3.33. The number of carboxylic acid groups (broad SMARTS) is 1. The van der Waals surface area contributed by atoms with Crippen LogP contribution in [0.4, 0.5) is 4.79 Å². The van der Waals surface area contributed by atoms with Crippen molar-refractivity contribution in [2.45, 2.75) is 26.3 Å². The molecule has 24 heavy (non-hydrogen) atoms. The first-order valence-corrected chi connectivity index (χ1v) is 8.28. The molecule has 2 aromatic rings. The van der Waals surface area contributed by atoms with E-state index < -0.39 is 6.09 Å². The van der Waals surface area contributed by atoms with Gasteiger partial charge in [-0.2, -0.15) is 0 Å². The molecule has 1 aliphatic rings. The minimum absolute atomic E-state index is 0.0130. The predicted octanol–water partition coefficient (Wildman–Crippen LogP) is 2.86. The number of hydrogen-bond donors (Lipinski definition) is 2. The van der Waals surface area contributed by atoms with Gasteiger partial charge in [-0.05, 0) is 43.0 Å². The number of aromatic nitrogens is 1. The molecule has 1 amide bonds. The second-order valence-electron chi connectivity index (χ2n) is 6.32. The Kier molecular flexibility index (Phi) is 4.81. The topological polar surface area (TPSA) is 65.5 Å². The van der Waals surface area contributed by atoms with Crippen LogP contribution in [0.15, 0.2) is 36.5 Å². The van der Waals surface area contributed by atoms with E-state index in [1.54, 1.807) is 11.1 Å². The third-order valence-electron chi connectivity index (χ3n) is 4.71. The lowest BCUT2D eigenvalue weighted by molar-refractivity contribution is 0.112. The standard InChI is InChI=1S/C19H23N3O2/c1-13-10-16(18-4-3-7-21-14(18)2)6-5-15(13)11-17-12-20-8-9-22(17)19(23)24/h3-7,10,17,20H,8-9,11-12H2,1-2H3,(H,23,24). The monoisotopic (exact) mass is 325 g/mol. The molecule has 1 aromatic heterocycles. The van der Waals surface area contributed by atoms with Gasteiger partial charge < -0.3 is 15.3 Å². The highest BCUT2D eigenvalue weighted by Crippen LogP contribution is 2.25. The lowest BCUT2D eigenvalue weighted by Gasteiger charge is -2.34. The van der Waals surface area contributed by atoms with Crippen LogP contribution in [0.5, 0.6) is 0 Å². The Morgan fingerprint density at radius 2 is 2.21 bits per heavy atom. The van der Waals surface area contributed by atoms with Crippen molar-refractivity contribution >= 4 is 6.09 Å². The molecule has 0 radical (unpaired) electrons. The van der Waals surface area contributed by atoms with Crippen molar-refractivity contribution in [2.24, 2.45) is 0 Å². The van der Waals surface area contributed by atoms with Gasteiger partial charge in [-0.15, -0.1) is 0 Å². The normalized spacial score (nSPS) is 17.8. The molecule has 0 spiro atoms. The molecule has 1 atom stereocenters. The number of piperazine rings is 1. The number of pyridine rings is 1. The van der Waals surface area contributed by atoms with Crippen LogP contribution in [0.2, 0.25) is 0 Å². The van der Waals surface area contributed by atoms with E-state index in [1.165, 1.54) is 11.1 Å². The van der Waals surface area contributed by atoms with Crippen LogP contribution in [0, 0.1) is 13.8 Å². The van der Waals surface area contributed by atoms with E-state index in [0.29, 0.717) is 13.1 Å². The number of nitrogens with one attached hydrogen (secondary N) is 1. The van der Waals surface area contributed by atoms with Gasteiger partial charge in [0.25, 0.3) is 0 Å². The molecule has 2 heterocycles. The molecule has 2 N–H and O–H groups in total. The summed E-state index contributed by atoms with van der Waals surface area (Å²) in [6.45, 7) is 6.07. The first kappa shape index (κ1) is 16.5. The highest BCUT2D eigenvalue weighted by Gasteiger charge is 2.26. The van der Waals surface area contributed by atoms with Crippen molar-refractivity contribution in [2.75, 3.05) is 19.6 Å². The van der Waals surface area contributed by atoms with E-state index in [0.717, 1.165) is 29.8 Å². The van der Waals surface area contributed by atoms with Gasteiger partial charge in [-0.1, -0.05) is 24.3 Å². The zero-order chi connectivity index (χ0) is 17.1. The largest absolute Gasteiger partial charge is 0.465 e. The van der Waals surface area contributed by atoms with E-state index in [1.807, 2.05) is 13.0 Å². The van der Waals surface area contributed by atoms with Crippen molar-refractivity contribution in [1.82, 2.24) is 15.2 Å². The summed E-state index contributed by atoms with van der Waals surface area (Å²) in [4.78, 5) is 17.3. The van der Waals surface area contributed by atoms with Gasteiger partial charge in [0, 0.05) is 37.1 Å². The van der Waals surface area contributed by atoms with Crippen molar-refractivity contribution in [3.05, 3.63) is 53.3 Å². The number of carbonyl (C=O) groups is 1. The molecule has 1 fully saturated rings. The molecular formula is C19H23N3O2. The molecule has 0 saturated carbocycles. The fourth-order valence-corrected chi connectivity index (χ4v) is 3.33. The van der Waals surface area contributed by atoms with Gasteiger partial charge in [-0.3, -0.25) is 4.98 Å². The summed E-state index contributed by atoms with van der Waals surface area (Å²) in [5, 5.41) is 12.7. The van der Waals surface area contributed by atoms with Crippen LogP contribution in [0.25, 0.3) is 11.1 Å². The maximum Gasteiger partial charge on any atom is 0.407 e. The molecule has 126 valence electrons. The van der Waals surface area contributed by atoms with Gasteiger partial charge in [0.2, 0.25) is 0 Å². The highest BCUT2D eigenvalue weighted by atomic mass is 16.4. The van der Waals surface area contributed by atoms with E-state index in [9.17, 15) is 9.90 Å². The number of hydrogen-bond acceptors (Lipinski definition) is 3. The number of nitrogens with zero attached hydrogens (tertiary/aromatic N) is 2. The van der Waals surface area contributed by atoms with E-state index in [-0.39, 0.29) is 6.04 Å². The number of aryl methyl sites for hydroxylation is 2. The number of rotatable bonds is 3. The first-order chi connectivity index (χ1) is 11.6. The molecule has 5 heteroatoms. The maximum absolute atomic E-state index is 11.4. The van der Waals surface area contributed by atoms with Crippen LogP contribution in [0.1, 0.15) is 16.8 Å². The van der Waals surface area contributed by atoms with Gasteiger partial charge in [0.15, 0.2) is 0 Å². The zero-order valence-corrected chi connectivity index (χ0v) is 14.1. The maximum atomic E-state index is 11.4. The molecule has 1 unspecified atom stereocenters. The fraction of sp³-hybridized carbons (Fsp3) is 0.368. The molecule has 0 aliphatic carbocycles. The smallest absolute Gasteiger partial charge is 0.407 e. The van der Waals surface area contributed by atoms with Crippen LogP contribution >= 0.6 is 0 Å². The second-order valence-corrected chi connectivity index (χ2v) is 6.32. The van der Waals surface area contributed by atoms with Crippen LogP contribution in [-0.4, -0.2) is 46.8 Å². The second kappa shape index (κ2) is 7.01. The minimum atomic E-state index is -0.832. The predicted molar refractivity (Wildman–Crippen MR) is 94.2 cm³/mol. The van der Waals surface area contributed by atoms with Gasteiger partial charge in [0.05, 0.1) is 6.04 Å². The Balaban J connectivity index is 1.83. The molecule has 3 rings (SSSR count). The van der Waals surface area contributed by atoms with Crippen molar-refractivity contribution < 1.29 is 9.90 Å². The van der Waals surface area contributed by atoms with Crippen molar-refractivity contribution in [1.29, 1.82) is 0 Å². The summed E-state index contributed by atoms with van der Waals surface area (Å²) in [6.07, 6.45) is 1.70. The van der Waals surface area contributed by atoms with Crippen molar-refractivity contribution in [3.63, 3.8) is 0 Å². The first-order valence-electron chi connectivity index (χ1n) is 8.28. The highest BCUT2D eigenvalue weighted by molar-refractivity contribution is 5.67. The SMILES string of the molecule is Cc1cc(-c2cccnc2C)ccc1CC1CNCCN1C(=O)O. The summed E-state index contributed by atoms with van der Waals surface area (Å²) in [7, 11) is 0. The zero-order valence-electron chi connectivity index (χ0n) is 14.1. The number of amides is 1. The summed E-state index contributed by atoms with van der Waals surface area (Å²) >= 11 is 0. The molecule has 5 nitrogen and oxygen atoms in total. The van der Waals surface area contributed by atoms with Crippen LogP contribution in [-0.2, 0) is 6.42 Å². The molecule has 1 saturated heterocycles. The summed E-state index contributed by atoms with van der Waals surface area (Å²) in [5.41, 5.74) is 5.68. The minimum Gasteiger partial charge on any atom is -0.465 e. The Morgan fingerprint density at radius 1 is 1.38 bits per heavy atom. The summed E-state index contributed by atoms with van der Waals surface area (Å²) in [5.74, 6) is 0. The van der Waals surface area contributed by atoms with Crippen LogP contribution < -0.4 is 5.32 Å². The molecule has 1 aliphatic heterocycles. The summed E-state index contributed by atoms with van der Waals surface area (Å²) in [6, 6.07) is 10.4.